The van der Waals surface area contributed by atoms with Crippen molar-refractivity contribution in [3.05, 3.63) is 59.8 Å². The molecule has 2 N–H and O–H groups in total. The molecule has 0 saturated carbocycles. The van der Waals surface area contributed by atoms with Gasteiger partial charge in [-0.2, -0.15) is 0 Å². The number of hydrogen-bond donors (Lipinski definition) is 2. The van der Waals surface area contributed by atoms with E-state index in [1.807, 2.05) is 37.3 Å². The van der Waals surface area contributed by atoms with E-state index >= 15 is 0 Å². The van der Waals surface area contributed by atoms with E-state index in [1.165, 1.54) is 6.20 Å². The number of rotatable bonds is 4. The number of nitrogens with zero attached hydrogens (tertiary/aromatic N) is 1. The van der Waals surface area contributed by atoms with Crippen LogP contribution in [0.2, 0.25) is 0 Å². The normalized spacial score (nSPS) is 10.6. The number of esters is 1. The molecular formula is C19H18N2O3. The molecule has 3 rings (SSSR count). The monoisotopic (exact) mass is 322 g/mol. The number of aryl methyl sites for hydroxylation is 1. The summed E-state index contributed by atoms with van der Waals surface area (Å²) in [5.74, 6) is -0.387. The van der Waals surface area contributed by atoms with Crippen molar-refractivity contribution >= 4 is 28.2 Å². The molecule has 1 aromatic heterocycles. The smallest absolute Gasteiger partial charge is 0.341 e. The van der Waals surface area contributed by atoms with Crippen molar-refractivity contribution in [2.45, 2.75) is 13.8 Å². The highest BCUT2D eigenvalue weighted by molar-refractivity contribution is 6.07. The van der Waals surface area contributed by atoms with Gasteiger partial charge >= 0.3 is 5.97 Å². The molecule has 0 bridgehead atoms. The number of hydrogen-bond acceptors (Lipinski definition) is 5. The van der Waals surface area contributed by atoms with Gasteiger partial charge in [0, 0.05) is 17.3 Å². The predicted octanol–water partition coefficient (Wildman–Crippen LogP) is 4.17. The van der Waals surface area contributed by atoms with Crippen molar-refractivity contribution in [2.24, 2.45) is 0 Å². The Morgan fingerprint density at radius 3 is 2.75 bits per heavy atom. The summed E-state index contributed by atoms with van der Waals surface area (Å²) < 4.78 is 5.13. The Morgan fingerprint density at radius 2 is 2.00 bits per heavy atom. The first-order valence-corrected chi connectivity index (χ1v) is 7.72. The number of phenols is 1. The highest BCUT2D eigenvalue weighted by Gasteiger charge is 2.18. The van der Waals surface area contributed by atoms with Gasteiger partial charge in [0.05, 0.1) is 12.3 Å². The molecule has 0 saturated heterocycles. The first-order chi connectivity index (χ1) is 11.6. The standard InChI is InChI=1S/C19H18N2O3/c1-3-24-19(23)14-11-20-18-13(8-6-10-16(18)22)17(14)21-15-9-5-4-7-12(15)2/h4-11,22H,3H2,1-2H3,(H,20,21). The summed E-state index contributed by atoms with van der Waals surface area (Å²) in [5.41, 5.74) is 3.25. The van der Waals surface area contributed by atoms with Gasteiger partial charge in [-0.05, 0) is 31.5 Å². The molecule has 0 aliphatic heterocycles. The Bertz CT molecular complexity index is 906. The van der Waals surface area contributed by atoms with E-state index in [9.17, 15) is 9.90 Å². The first kappa shape index (κ1) is 15.8. The maximum atomic E-state index is 12.3. The van der Waals surface area contributed by atoms with Crippen LogP contribution < -0.4 is 5.32 Å². The molecule has 0 fully saturated rings. The van der Waals surface area contributed by atoms with E-state index < -0.39 is 5.97 Å². The number of carbonyl (C=O) groups is 1. The number of aromatic hydroxyl groups is 1. The lowest BCUT2D eigenvalue weighted by atomic mass is 10.1. The van der Waals surface area contributed by atoms with Crippen molar-refractivity contribution in [1.29, 1.82) is 0 Å². The molecule has 0 spiro atoms. The largest absolute Gasteiger partial charge is 0.506 e. The number of nitrogens with one attached hydrogen (secondary N) is 1. The Hall–Kier alpha value is -3.08. The van der Waals surface area contributed by atoms with Crippen molar-refractivity contribution in [3.63, 3.8) is 0 Å². The van der Waals surface area contributed by atoms with Crippen LogP contribution in [0.4, 0.5) is 11.4 Å². The number of benzene rings is 2. The van der Waals surface area contributed by atoms with E-state index in [0.29, 0.717) is 22.2 Å². The van der Waals surface area contributed by atoms with Crippen LogP contribution in [0.25, 0.3) is 10.9 Å². The Balaban J connectivity index is 2.21. The lowest BCUT2D eigenvalue weighted by Crippen LogP contribution is -2.09. The van der Waals surface area contributed by atoms with Crippen LogP contribution in [0.1, 0.15) is 22.8 Å². The zero-order valence-electron chi connectivity index (χ0n) is 13.5. The first-order valence-electron chi connectivity index (χ1n) is 7.72. The predicted molar refractivity (Wildman–Crippen MR) is 93.8 cm³/mol. The van der Waals surface area contributed by atoms with Crippen LogP contribution in [0.5, 0.6) is 5.75 Å². The van der Waals surface area contributed by atoms with E-state index in [4.69, 9.17) is 4.74 Å². The molecule has 122 valence electrons. The Morgan fingerprint density at radius 1 is 1.21 bits per heavy atom. The molecule has 5 nitrogen and oxygen atoms in total. The second-order valence-corrected chi connectivity index (χ2v) is 5.38. The number of phenolic OH excluding ortho intramolecular Hbond substituents is 1. The summed E-state index contributed by atoms with van der Waals surface area (Å²) in [6, 6.07) is 12.9. The summed E-state index contributed by atoms with van der Waals surface area (Å²) >= 11 is 0. The van der Waals surface area contributed by atoms with Gasteiger partial charge < -0.3 is 15.2 Å². The van der Waals surface area contributed by atoms with Gasteiger partial charge in [-0.15, -0.1) is 0 Å². The average molecular weight is 322 g/mol. The van der Waals surface area contributed by atoms with Gasteiger partial charge in [-0.25, -0.2) is 4.79 Å². The maximum absolute atomic E-state index is 12.3. The third-order valence-electron chi connectivity index (χ3n) is 3.78. The molecule has 3 aromatic rings. The second-order valence-electron chi connectivity index (χ2n) is 5.38. The van der Waals surface area contributed by atoms with Crippen molar-refractivity contribution in [2.75, 3.05) is 11.9 Å². The van der Waals surface area contributed by atoms with Gasteiger partial charge in [0.1, 0.15) is 16.8 Å². The summed E-state index contributed by atoms with van der Waals surface area (Å²) in [4.78, 5) is 16.5. The van der Waals surface area contributed by atoms with E-state index in [2.05, 4.69) is 10.3 Å². The van der Waals surface area contributed by atoms with Crippen molar-refractivity contribution in [3.8, 4) is 5.75 Å². The molecule has 0 aliphatic rings. The minimum absolute atomic E-state index is 0.0655. The zero-order valence-corrected chi connectivity index (χ0v) is 13.5. The van der Waals surface area contributed by atoms with Gasteiger partial charge in [-0.3, -0.25) is 4.98 Å². The third-order valence-corrected chi connectivity index (χ3v) is 3.78. The molecule has 0 aliphatic carbocycles. The molecule has 0 amide bonds. The SMILES string of the molecule is CCOC(=O)c1cnc2c(O)cccc2c1Nc1ccccc1C. The highest BCUT2D eigenvalue weighted by atomic mass is 16.5. The van der Waals surface area contributed by atoms with Gasteiger partial charge in [0.15, 0.2) is 0 Å². The number of anilines is 2. The molecule has 1 heterocycles. The van der Waals surface area contributed by atoms with Crippen LogP contribution >= 0.6 is 0 Å². The number of ether oxygens (including phenoxy) is 1. The number of aromatic nitrogens is 1. The lowest BCUT2D eigenvalue weighted by molar-refractivity contribution is 0.0527. The van der Waals surface area contributed by atoms with Gasteiger partial charge in [-0.1, -0.05) is 30.3 Å². The number of pyridine rings is 1. The van der Waals surface area contributed by atoms with Crippen LogP contribution in [0.3, 0.4) is 0 Å². The van der Waals surface area contributed by atoms with Gasteiger partial charge in [0.25, 0.3) is 0 Å². The summed E-state index contributed by atoms with van der Waals surface area (Å²) in [5, 5.41) is 14.0. The highest BCUT2D eigenvalue weighted by Crippen LogP contribution is 2.34. The molecule has 5 heteroatoms. The summed E-state index contributed by atoms with van der Waals surface area (Å²) in [6.45, 7) is 4.01. The molecule has 0 radical (unpaired) electrons. The summed E-state index contributed by atoms with van der Waals surface area (Å²) in [6.07, 6.45) is 1.43. The number of fused-ring (bicyclic) bond motifs is 1. The van der Waals surface area contributed by atoms with E-state index in [-0.39, 0.29) is 12.4 Å². The summed E-state index contributed by atoms with van der Waals surface area (Å²) in [7, 11) is 0. The zero-order chi connectivity index (χ0) is 17.1. The molecule has 2 aromatic carbocycles. The molecule has 0 atom stereocenters. The van der Waals surface area contributed by atoms with Crippen LogP contribution in [-0.4, -0.2) is 22.7 Å². The second kappa shape index (κ2) is 6.58. The van der Waals surface area contributed by atoms with Crippen LogP contribution in [0, 0.1) is 6.92 Å². The topological polar surface area (TPSA) is 71.5 Å². The lowest BCUT2D eigenvalue weighted by Gasteiger charge is -2.15. The quantitative estimate of drug-likeness (QED) is 0.705. The Kier molecular flexibility index (Phi) is 4.33. The minimum Gasteiger partial charge on any atom is -0.506 e. The Labute approximate surface area is 139 Å². The minimum atomic E-state index is -0.452. The fourth-order valence-electron chi connectivity index (χ4n) is 2.55. The molecule has 24 heavy (non-hydrogen) atoms. The molecule has 0 unspecified atom stereocenters. The number of carbonyl (C=O) groups excluding carboxylic acids is 1. The third kappa shape index (κ3) is 2.88. The van der Waals surface area contributed by atoms with Gasteiger partial charge in [0.2, 0.25) is 0 Å². The number of para-hydroxylation sites is 2. The fraction of sp³-hybridized carbons (Fsp3) is 0.158. The van der Waals surface area contributed by atoms with Crippen LogP contribution in [0.15, 0.2) is 48.7 Å². The fourth-order valence-corrected chi connectivity index (χ4v) is 2.55. The van der Waals surface area contributed by atoms with Crippen molar-refractivity contribution in [1.82, 2.24) is 4.98 Å². The van der Waals surface area contributed by atoms with E-state index in [1.54, 1.807) is 19.1 Å². The van der Waals surface area contributed by atoms with Crippen molar-refractivity contribution < 1.29 is 14.6 Å². The van der Waals surface area contributed by atoms with Crippen LogP contribution in [-0.2, 0) is 4.74 Å². The maximum Gasteiger partial charge on any atom is 0.341 e. The molecular weight excluding hydrogens is 304 g/mol. The van der Waals surface area contributed by atoms with E-state index in [0.717, 1.165) is 11.3 Å². The average Bonchev–Trinajstić information content (AvgIpc) is 2.58.